The summed E-state index contributed by atoms with van der Waals surface area (Å²) >= 11 is 0. The van der Waals surface area contributed by atoms with Gasteiger partial charge in [-0.25, -0.2) is 8.42 Å². The minimum Gasteiger partial charge on any atom is -0.454 e. The zero-order chi connectivity index (χ0) is 20.6. The molecule has 1 saturated heterocycles. The number of hydrogen-bond acceptors (Lipinski definition) is 6. The topological polar surface area (TPSA) is 102 Å². The van der Waals surface area contributed by atoms with Crippen molar-refractivity contribution in [3.05, 3.63) is 47.5 Å². The number of ether oxygens (including phenoxy) is 2. The lowest BCUT2D eigenvalue weighted by Gasteiger charge is -2.16. The molecule has 9 heteroatoms. The van der Waals surface area contributed by atoms with Crippen LogP contribution in [0.4, 0.5) is 5.69 Å². The van der Waals surface area contributed by atoms with Crippen LogP contribution in [-0.4, -0.2) is 44.3 Å². The summed E-state index contributed by atoms with van der Waals surface area (Å²) in [6.07, 6.45) is 1.66. The van der Waals surface area contributed by atoms with E-state index in [1.54, 1.807) is 0 Å². The maximum absolute atomic E-state index is 12.8. The lowest BCUT2D eigenvalue weighted by molar-refractivity contribution is 0.101. The molecule has 2 aliphatic heterocycles. The quantitative estimate of drug-likeness (QED) is 0.752. The molecule has 0 spiro atoms. The van der Waals surface area contributed by atoms with Crippen molar-refractivity contribution in [2.24, 2.45) is 0 Å². The van der Waals surface area contributed by atoms with E-state index in [-0.39, 0.29) is 34.3 Å². The number of carbonyl (C=O) groups is 2. The fourth-order valence-electron chi connectivity index (χ4n) is 3.41. The van der Waals surface area contributed by atoms with Crippen LogP contribution in [0.25, 0.3) is 0 Å². The van der Waals surface area contributed by atoms with Gasteiger partial charge >= 0.3 is 0 Å². The van der Waals surface area contributed by atoms with E-state index in [9.17, 15) is 18.0 Å². The minimum absolute atomic E-state index is 0.0421. The Morgan fingerprint density at radius 1 is 1.03 bits per heavy atom. The van der Waals surface area contributed by atoms with E-state index < -0.39 is 15.9 Å². The van der Waals surface area contributed by atoms with Gasteiger partial charge in [0.25, 0.3) is 5.91 Å². The van der Waals surface area contributed by atoms with Crippen molar-refractivity contribution in [2.75, 3.05) is 25.2 Å². The molecule has 152 valence electrons. The summed E-state index contributed by atoms with van der Waals surface area (Å²) in [6, 6.07) is 8.94. The number of nitrogens with zero attached hydrogens (tertiary/aromatic N) is 1. The molecule has 2 heterocycles. The summed E-state index contributed by atoms with van der Waals surface area (Å²) in [7, 11) is -3.63. The van der Waals surface area contributed by atoms with Crippen LogP contribution in [0.5, 0.6) is 11.5 Å². The molecule has 0 saturated carbocycles. The Balaban J connectivity index is 1.62. The van der Waals surface area contributed by atoms with Crippen LogP contribution in [0.3, 0.4) is 0 Å². The number of nitrogens with one attached hydrogen (secondary N) is 1. The lowest BCUT2D eigenvalue weighted by atomic mass is 10.1. The zero-order valence-electron chi connectivity index (χ0n) is 15.8. The summed E-state index contributed by atoms with van der Waals surface area (Å²) in [6.45, 7) is 2.40. The second kappa shape index (κ2) is 7.49. The predicted octanol–water partition coefficient (Wildman–Crippen LogP) is 2.65. The molecule has 0 aliphatic carbocycles. The SMILES string of the molecule is CC(=O)c1cc2c(cc1NC(=O)c1cccc(S(=O)(=O)N3CCCC3)c1)OCO2. The highest BCUT2D eigenvalue weighted by Crippen LogP contribution is 2.37. The summed E-state index contributed by atoms with van der Waals surface area (Å²) < 4.78 is 37.5. The maximum Gasteiger partial charge on any atom is 0.255 e. The minimum atomic E-state index is -3.63. The third-order valence-corrected chi connectivity index (χ3v) is 6.83. The molecule has 0 bridgehead atoms. The molecule has 1 fully saturated rings. The van der Waals surface area contributed by atoms with Gasteiger partial charge in [-0.1, -0.05) is 6.07 Å². The zero-order valence-corrected chi connectivity index (χ0v) is 16.6. The van der Waals surface area contributed by atoms with Crippen LogP contribution in [0.1, 0.15) is 40.5 Å². The molecule has 0 radical (unpaired) electrons. The summed E-state index contributed by atoms with van der Waals surface area (Å²) in [4.78, 5) is 24.8. The van der Waals surface area contributed by atoms with Crippen LogP contribution >= 0.6 is 0 Å². The highest BCUT2D eigenvalue weighted by Gasteiger charge is 2.28. The average Bonchev–Trinajstić information content (AvgIpc) is 3.39. The average molecular weight is 416 g/mol. The lowest BCUT2D eigenvalue weighted by Crippen LogP contribution is -2.28. The second-order valence-corrected chi connectivity index (χ2v) is 8.84. The maximum atomic E-state index is 12.8. The van der Waals surface area contributed by atoms with Crippen molar-refractivity contribution in [1.82, 2.24) is 4.31 Å². The van der Waals surface area contributed by atoms with Gasteiger partial charge in [-0.2, -0.15) is 4.31 Å². The van der Waals surface area contributed by atoms with Crippen molar-refractivity contribution in [3.63, 3.8) is 0 Å². The van der Waals surface area contributed by atoms with E-state index in [1.165, 1.54) is 47.6 Å². The smallest absolute Gasteiger partial charge is 0.255 e. The number of rotatable bonds is 5. The molecular weight excluding hydrogens is 396 g/mol. The van der Waals surface area contributed by atoms with Gasteiger partial charge in [-0.3, -0.25) is 9.59 Å². The second-order valence-electron chi connectivity index (χ2n) is 6.90. The van der Waals surface area contributed by atoms with E-state index in [1.807, 2.05) is 0 Å². The largest absolute Gasteiger partial charge is 0.454 e. The molecule has 2 aromatic carbocycles. The Kier molecular flexibility index (Phi) is 5.01. The van der Waals surface area contributed by atoms with Crippen LogP contribution in [0.2, 0.25) is 0 Å². The van der Waals surface area contributed by atoms with E-state index in [4.69, 9.17) is 9.47 Å². The van der Waals surface area contributed by atoms with E-state index in [0.717, 1.165) is 12.8 Å². The first-order valence-corrected chi connectivity index (χ1v) is 10.7. The van der Waals surface area contributed by atoms with Crippen LogP contribution < -0.4 is 14.8 Å². The predicted molar refractivity (Wildman–Crippen MR) is 105 cm³/mol. The molecule has 1 N–H and O–H groups in total. The number of benzene rings is 2. The molecule has 0 unspecified atom stereocenters. The molecule has 4 rings (SSSR count). The fourth-order valence-corrected chi connectivity index (χ4v) is 4.97. The Labute approximate surface area is 168 Å². The van der Waals surface area contributed by atoms with Crippen molar-refractivity contribution in [1.29, 1.82) is 0 Å². The van der Waals surface area contributed by atoms with E-state index in [0.29, 0.717) is 24.6 Å². The van der Waals surface area contributed by atoms with Gasteiger partial charge in [0, 0.05) is 30.3 Å². The van der Waals surface area contributed by atoms with Gasteiger partial charge in [0.05, 0.1) is 10.6 Å². The summed E-state index contributed by atoms with van der Waals surface area (Å²) in [5.41, 5.74) is 0.737. The normalized spacial score (nSPS) is 16.0. The van der Waals surface area contributed by atoms with E-state index >= 15 is 0 Å². The first-order valence-electron chi connectivity index (χ1n) is 9.22. The number of anilines is 1. The third kappa shape index (κ3) is 3.70. The highest BCUT2D eigenvalue weighted by atomic mass is 32.2. The first-order chi connectivity index (χ1) is 13.9. The van der Waals surface area contributed by atoms with Crippen LogP contribution in [0, 0.1) is 0 Å². The van der Waals surface area contributed by atoms with E-state index in [2.05, 4.69) is 5.32 Å². The van der Waals surface area contributed by atoms with Crippen molar-refractivity contribution >= 4 is 27.4 Å². The summed E-state index contributed by atoms with van der Waals surface area (Å²) in [5, 5.41) is 2.68. The number of Topliss-reactive ketones (excluding diaryl/α,β-unsaturated/α-hetero) is 1. The Bertz CT molecular complexity index is 1090. The van der Waals surface area contributed by atoms with Crippen molar-refractivity contribution in [3.8, 4) is 11.5 Å². The number of carbonyl (C=O) groups excluding carboxylic acids is 2. The number of sulfonamides is 1. The number of ketones is 1. The summed E-state index contributed by atoms with van der Waals surface area (Å²) in [5.74, 6) is 0.0939. The Morgan fingerprint density at radius 3 is 2.41 bits per heavy atom. The third-order valence-electron chi connectivity index (χ3n) is 4.94. The molecule has 0 aromatic heterocycles. The molecule has 8 nitrogen and oxygen atoms in total. The number of amides is 1. The standard InChI is InChI=1S/C20H20N2O6S/c1-13(23)16-10-18-19(28-12-27-18)11-17(16)21-20(24)14-5-4-6-15(9-14)29(25,26)22-7-2-3-8-22/h4-6,9-11H,2-3,7-8,12H2,1H3,(H,21,24). The highest BCUT2D eigenvalue weighted by molar-refractivity contribution is 7.89. The number of hydrogen-bond donors (Lipinski definition) is 1. The molecule has 1 amide bonds. The molecule has 29 heavy (non-hydrogen) atoms. The van der Waals surface area contributed by atoms with Gasteiger partial charge in [-0.05, 0) is 44.0 Å². The van der Waals surface area contributed by atoms with Crippen LogP contribution in [-0.2, 0) is 10.0 Å². The Hall–Kier alpha value is -2.91. The molecule has 2 aromatic rings. The van der Waals surface area contributed by atoms with Gasteiger partial charge in [0.1, 0.15) is 0 Å². The molecule has 2 aliphatic rings. The van der Waals surface area contributed by atoms with Gasteiger partial charge in [0.15, 0.2) is 17.3 Å². The monoisotopic (exact) mass is 416 g/mol. The first kappa shape index (κ1) is 19.4. The van der Waals surface area contributed by atoms with Crippen molar-refractivity contribution < 1.29 is 27.5 Å². The van der Waals surface area contributed by atoms with Gasteiger partial charge < -0.3 is 14.8 Å². The molecular formula is C20H20N2O6S. The number of fused-ring (bicyclic) bond motifs is 1. The molecule has 0 atom stereocenters. The Morgan fingerprint density at radius 2 is 1.72 bits per heavy atom. The van der Waals surface area contributed by atoms with Crippen LogP contribution in [0.15, 0.2) is 41.3 Å². The van der Waals surface area contributed by atoms with Gasteiger partial charge in [-0.15, -0.1) is 0 Å². The fraction of sp³-hybridized carbons (Fsp3) is 0.300. The van der Waals surface area contributed by atoms with Crippen molar-refractivity contribution in [2.45, 2.75) is 24.7 Å². The van der Waals surface area contributed by atoms with Gasteiger partial charge in [0.2, 0.25) is 16.8 Å².